The van der Waals surface area contributed by atoms with E-state index in [1.165, 1.54) is 6.20 Å². The summed E-state index contributed by atoms with van der Waals surface area (Å²) in [5.41, 5.74) is 5.95. The summed E-state index contributed by atoms with van der Waals surface area (Å²) in [6.07, 6.45) is 4.90. The summed E-state index contributed by atoms with van der Waals surface area (Å²) in [6.45, 7) is 1.66. The van der Waals surface area contributed by atoms with E-state index in [-0.39, 0.29) is 23.6 Å². The van der Waals surface area contributed by atoms with E-state index < -0.39 is 4.92 Å². The van der Waals surface area contributed by atoms with Gasteiger partial charge in [-0.05, 0) is 25.8 Å². The Morgan fingerprint density at radius 1 is 1.50 bits per heavy atom. The van der Waals surface area contributed by atoms with Crippen molar-refractivity contribution in [3.8, 4) is 0 Å². The first-order valence-electron chi connectivity index (χ1n) is 6.66. The fourth-order valence-electron chi connectivity index (χ4n) is 2.65. The molecule has 1 aromatic heterocycles. The van der Waals surface area contributed by atoms with Crippen molar-refractivity contribution in [1.82, 2.24) is 4.98 Å². The number of pyridine rings is 1. The van der Waals surface area contributed by atoms with Gasteiger partial charge in [-0.3, -0.25) is 14.9 Å². The Hall–Kier alpha value is -2.18. The number of amides is 1. The number of hydrogen-bond donors (Lipinski definition) is 2. The van der Waals surface area contributed by atoms with Gasteiger partial charge in [-0.25, -0.2) is 4.98 Å². The third-order valence-corrected chi connectivity index (χ3v) is 3.74. The van der Waals surface area contributed by atoms with Crippen molar-refractivity contribution in [2.75, 3.05) is 5.32 Å². The highest BCUT2D eigenvalue weighted by Crippen LogP contribution is 2.27. The normalized spacial score (nSPS) is 22.2. The van der Waals surface area contributed by atoms with Crippen LogP contribution in [0.5, 0.6) is 0 Å². The fraction of sp³-hybridized carbons (Fsp3) is 0.538. The predicted octanol–water partition coefficient (Wildman–Crippen LogP) is 1.75. The first kappa shape index (κ1) is 14.2. The van der Waals surface area contributed by atoms with Crippen LogP contribution in [0.25, 0.3) is 0 Å². The van der Waals surface area contributed by atoms with Crippen LogP contribution >= 0.6 is 0 Å². The van der Waals surface area contributed by atoms with Gasteiger partial charge in [0.2, 0.25) is 5.91 Å². The molecule has 0 bridgehead atoms. The molecular formula is C13H18N4O3. The minimum atomic E-state index is -0.459. The Morgan fingerprint density at radius 2 is 2.20 bits per heavy atom. The first-order valence-corrected chi connectivity index (χ1v) is 6.66. The maximum absolute atomic E-state index is 11.4. The lowest BCUT2D eigenvalue weighted by molar-refractivity contribution is -0.385. The Bertz CT molecular complexity index is 532. The lowest BCUT2D eigenvalue weighted by atomic mass is 9.84. The smallest absolute Gasteiger partial charge is 0.290 e. The lowest BCUT2D eigenvalue weighted by Crippen LogP contribution is -2.40. The standard InChI is InChI=1S/C13H18N4O3/c1-8-6-12(15-7-11(8)17(19)20)16-10-5-3-2-4-9(10)13(14)18/h6-7,9-10H,2-5H2,1H3,(H2,14,18)(H,15,16)/t9-,10+/m1/s1. The minimum absolute atomic E-state index is 0.00866. The summed E-state index contributed by atoms with van der Waals surface area (Å²) in [5, 5.41) is 13.9. The van der Waals surface area contributed by atoms with Crippen LogP contribution in [-0.2, 0) is 4.79 Å². The summed E-state index contributed by atoms with van der Waals surface area (Å²) in [5.74, 6) is 0.0353. The molecule has 1 aliphatic carbocycles. The van der Waals surface area contributed by atoms with E-state index in [2.05, 4.69) is 10.3 Å². The van der Waals surface area contributed by atoms with Crippen molar-refractivity contribution in [2.45, 2.75) is 38.6 Å². The highest BCUT2D eigenvalue weighted by Gasteiger charge is 2.29. The molecule has 0 unspecified atom stereocenters. The van der Waals surface area contributed by atoms with Crippen LogP contribution in [0.3, 0.4) is 0 Å². The number of aromatic nitrogens is 1. The molecule has 7 nitrogen and oxygen atoms in total. The van der Waals surface area contributed by atoms with Gasteiger partial charge in [0, 0.05) is 11.6 Å². The number of primary amides is 1. The SMILES string of the molecule is Cc1cc(N[C@H]2CCCC[C@H]2C(N)=O)ncc1[N+](=O)[O-]. The molecule has 3 N–H and O–H groups in total. The molecule has 1 aromatic rings. The fourth-order valence-corrected chi connectivity index (χ4v) is 2.65. The van der Waals surface area contributed by atoms with Crippen molar-refractivity contribution in [3.63, 3.8) is 0 Å². The number of carbonyl (C=O) groups is 1. The quantitative estimate of drug-likeness (QED) is 0.643. The Morgan fingerprint density at radius 3 is 2.80 bits per heavy atom. The molecule has 1 amide bonds. The van der Waals surface area contributed by atoms with Gasteiger partial charge >= 0.3 is 0 Å². The van der Waals surface area contributed by atoms with Crippen molar-refractivity contribution >= 4 is 17.4 Å². The molecular weight excluding hydrogens is 260 g/mol. The molecule has 20 heavy (non-hydrogen) atoms. The molecule has 1 fully saturated rings. The van der Waals surface area contributed by atoms with Crippen LogP contribution in [-0.4, -0.2) is 21.9 Å². The number of aryl methyl sites for hydroxylation is 1. The molecule has 0 aliphatic heterocycles. The van der Waals surface area contributed by atoms with Gasteiger partial charge < -0.3 is 11.1 Å². The summed E-state index contributed by atoms with van der Waals surface area (Å²) in [7, 11) is 0. The van der Waals surface area contributed by atoms with Crippen LogP contribution in [0.15, 0.2) is 12.3 Å². The molecule has 0 saturated heterocycles. The number of nitrogens with zero attached hydrogens (tertiary/aromatic N) is 2. The van der Waals surface area contributed by atoms with Gasteiger partial charge in [0.05, 0.1) is 10.8 Å². The van der Waals surface area contributed by atoms with E-state index in [1.807, 2.05) is 0 Å². The molecule has 2 rings (SSSR count). The van der Waals surface area contributed by atoms with Gasteiger partial charge in [0.1, 0.15) is 12.0 Å². The second-order valence-corrected chi connectivity index (χ2v) is 5.16. The number of hydrogen-bond acceptors (Lipinski definition) is 5. The van der Waals surface area contributed by atoms with Crippen molar-refractivity contribution in [1.29, 1.82) is 0 Å². The third-order valence-electron chi connectivity index (χ3n) is 3.74. The summed E-state index contributed by atoms with van der Waals surface area (Å²) >= 11 is 0. The zero-order valence-electron chi connectivity index (χ0n) is 11.3. The van der Waals surface area contributed by atoms with E-state index in [0.29, 0.717) is 11.4 Å². The largest absolute Gasteiger partial charge is 0.369 e. The Balaban J connectivity index is 2.14. The molecule has 0 radical (unpaired) electrons. The predicted molar refractivity (Wildman–Crippen MR) is 74.2 cm³/mol. The van der Waals surface area contributed by atoms with E-state index in [1.54, 1.807) is 13.0 Å². The minimum Gasteiger partial charge on any atom is -0.369 e. The summed E-state index contributed by atoms with van der Waals surface area (Å²) in [4.78, 5) is 25.8. The number of carbonyl (C=O) groups excluding carboxylic acids is 1. The van der Waals surface area contributed by atoms with Crippen LogP contribution in [0.2, 0.25) is 0 Å². The molecule has 1 aliphatic rings. The Kier molecular flexibility index (Phi) is 4.16. The average molecular weight is 278 g/mol. The molecule has 7 heteroatoms. The van der Waals surface area contributed by atoms with Crippen LogP contribution in [0, 0.1) is 23.0 Å². The lowest BCUT2D eigenvalue weighted by Gasteiger charge is -2.30. The van der Waals surface area contributed by atoms with Gasteiger partial charge in [0.15, 0.2) is 0 Å². The highest BCUT2D eigenvalue weighted by atomic mass is 16.6. The van der Waals surface area contributed by atoms with Crippen LogP contribution in [0.1, 0.15) is 31.2 Å². The maximum Gasteiger partial charge on any atom is 0.290 e. The summed E-state index contributed by atoms with van der Waals surface area (Å²) < 4.78 is 0. The third kappa shape index (κ3) is 3.04. The summed E-state index contributed by atoms with van der Waals surface area (Å²) in [6, 6.07) is 1.58. The molecule has 1 heterocycles. The molecule has 1 saturated carbocycles. The van der Waals surface area contributed by atoms with Crippen LogP contribution in [0.4, 0.5) is 11.5 Å². The van der Waals surface area contributed by atoms with Gasteiger partial charge in [-0.1, -0.05) is 12.8 Å². The van der Waals surface area contributed by atoms with E-state index in [0.717, 1.165) is 25.7 Å². The van der Waals surface area contributed by atoms with Crippen LogP contribution < -0.4 is 11.1 Å². The number of nitrogens with two attached hydrogens (primary N) is 1. The van der Waals surface area contributed by atoms with Crippen molar-refractivity contribution in [2.24, 2.45) is 11.7 Å². The second kappa shape index (κ2) is 5.85. The molecule has 0 aromatic carbocycles. The van der Waals surface area contributed by atoms with Gasteiger partial charge in [-0.2, -0.15) is 0 Å². The zero-order valence-corrected chi connectivity index (χ0v) is 11.3. The maximum atomic E-state index is 11.4. The first-order chi connectivity index (χ1) is 9.49. The number of nitro groups is 1. The molecule has 2 atom stereocenters. The number of anilines is 1. The number of rotatable bonds is 4. The molecule has 0 spiro atoms. The number of nitrogens with one attached hydrogen (secondary N) is 1. The van der Waals surface area contributed by atoms with Crippen molar-refractivity contribution < 1.29 is 9.72 Å². The topological polar surface area (TPSA) is 111 Å². The van der Waals surface area contributed by atoms with Gasteiger partial charge in [-0.15, -0.1) is 0 Å². The van der Waals surface area contributed by atoms with Crippen molar-refractivity contribution in [3.05, 3.63) is 27.9 Å². The molecule has 108 valence electrons. The van der Waals surface area contributed by atoms with E-state index in [4.69, 9.17) is 5.73 Å². The second-order valence-electron chi connectivity index (χ2n) is 5.16. The highest BCUT2D eigenvalue weighted by molar-refractivity contribution is 5.78. The monoisotopic (exact) mass is 278 g/mol. The van der Waals surface area contributed by atoms with E-state index in [9.17, 15) is 14.9 Å². The average Bonchev–Trinajstić information content (AvgIpc) is 2.38. The zero-order chi connectivity index (χ0) is 14.7. The Labute approximate surface area is 116 Å². The van der Waals surface area contributed by atoms with E-state index >= 15 is 0 Å². The van der Waals surface area contributed by atoms with Gasteiger partial charge in [0.25, 0.3) is 5.69 Å².